The van der Waals surface area contributed by atoms with Crippen LogP contribution in [0.1, 0.15) is 47.2 Å². The third kappa shape index (κ3) is 1.43. The van der Waals surface area contributed by atoms with E-state index in [0.29, 0.717) is 12.3 Å². The van der Waals surface area contributed by atoms with E-state index in [1.807, 2.05) is 0 Å². The number of nitrogens with zero attached hydrogens (tertiary/aromatic N) is 2. The molecule has 2 heterocycles. The first-order valence-corrected chi connectivity index (χ1v) is 5.75. The number of hydrogen-bond donors (Lipinski definition) is 2. The van der Waals surface area contributed by atoms with Crippen molar-refractivity contribution in [3.8, 4) is 0 Å². The minimum atomic E-state index is -0.926. The van der Waals surface area contributed by atoms with E-state index in [9.17, 15) is 4.79 Å². The van der Waals surface area contributed by atoms with Crippen molar-refractivity contribution in [3.05, 3.63) is 17.2 Å². The van der Waals surface area contributed by atoms with Crippen LogP contribution in [-0.2, 0) is 13.0 Å². The van der Waals surface area contributed by atoms with Crippen LogP contribution in [0.5, 0.6) is 0 Å². The topological polar surface area (TPSA) is 81.1 Å². The standard InChI is InChI=1S/C11H15N3O2/c12-7-3-4-14-8(5-7)9(11(15)16)13-10(14)6-1-2-6/h6-7H,1-5,12H2,(H,15,16). The smallest absolute Gasteiger partial charge is 0.356 e. The van der Waals surface area contributed by atoms with Crippen molar-refractivity contribution >= 4 is 5.97 Å². The normalized spacial score (nSPS) is 24.2. The van der Waals surface area contributed by atoms with E-state index in [0.717, 1.165) is 37.3 Å². The van der Waals surface area contributed by atoms with Crippen LogP contribution in [0.25, 0.3) is 0 Å². The summed E-state index contributed by atoms with van der Waals surface area (Å²) in [6, 6.07) is 0.0781. The third-order valence-corrected chi connectivity index (χ3v) is 3.43. The predicted molar refractivity (Wildman–Crippen MR) is 57.5 cm³/mol. The Balaban J connectivity index is 2.09. The number of fused-ring (bicyclic) bond motifs is 1. The van der Waals surface area contributed by atoms with Gasteiger partial charge in [0.25, 0.3) is 0 Å². The number of rotatable bonds is 2. The molecule has 0 aromatic carbocycles. The molecule has 1 aromatic heterocycles. The van der Waals surface area contributed by atoms with E-state index < -0.39 is 5.97 Å². The maximum Gasteiger partial charge on any atom is 0.356 e. The molecular formula is C11H15N3O2. The number of hydrogen-bond acceptors (Lipinski definition) is 3. The van der Waals surface area contributed by atoms with Crippen molar-refractivity contribution in [3.63, 3.8) is 0 Å². The molecule has 0 amide bonds. The van der Waals surface area contributed by atoms with Gasteiger partial charge in [0.05, 0.1) is 5.69 Å². The Morgan fingerprint density at radius 2 is 2.19 bits per heavy atom. The summed E-state index contributed by atoms with van der Waals surface area (Å²) in [5.41, 5.74) is 6.93. The fourth-order valence-corrected chi connectivity index (χ4v) is 2.43. The van der Waals surface area contributed by atoms with E-state index in [4.69, 9.17) is 10.8 Å². The zero-order valence-electron chi connectivity index (χ0n) is 9.02. The zero-order chi connectivity index (χ0) is 11.3. The molecule has 86 valence electrons. The van der Waals surface area contributed by atoms with Crippen molar-refractivity contribution < 1.29 is 9.90 Å². The molecular weight excluding hydrogens is 206 g/mol. The highest BCUT2D eigenvalue weighted by Crippen LogP contribution is 2.41. The number of nitrogens with two attached hydrogens (primary N) is 1. The molecule has 2 aliphatic rings. The average Bonchev–Trinajstić information content (AvgIpc) is 2.99. The molecule has 1 aliphatic carbocycles. The van der Waals surface area contributed by atoms with Gasteiger partial charge in [-0.15, -0.1) is 0 Å². The first-order valence-electron chi connectivity index (χ1n) is 5.75. The molecule has 0 radical (unpaired) electrons. The number of imidazole rings is 1. The zero-order valence-corrected chi connectivity index (χ0v) is 9.02. The van der Waals surface area contributed by atoms with Crippen LogP contribution >= 0.6 is 0 Å². The summed E-state index contributed by atoms with van der Waals surface area (Å²) in [4.78, 5) is 15.4. The predicted octanol–water partition coefficient (Wildman–Crippen LogP) is 0.732. The van der Waals surface area contributed by atoms with Crippen LogP contribution in [0, 0.1) is 0 Å². The Hall–Kier alpha value is -1.36. The summed E-state index contributed by atoms with van der Waals surface area (Å²) in [6.45, 7) is 0.822. The van der Waals surface area contributed by atoms with E-state index in [1.54, 1.807) is 0 Å². The molecule has 16 heavy (non-hydrogen) atoms. The van der Waals surface area contributed by atoms with Gasteiger partial charge in [-0.25, -0.2) is 9.78 Å². The molecule has 3 N–H and O–H groups in total. The van der Waals surface area contributed by atoms with Gasteiger partial charge < -0.3 is 15.4 Å². The molecule has 1 aromatic rings. The second-order valence-electron chi connectivity index (χ2n) is 4.75. The highest BCUT2D eigenvalue weighted by molar-refractivity contribution is 5.87. The quantitative estimate of drug-likeness (QED) is 0.771. The number of aromatic nitrogens is 2. The monoisotopic (exact) mass is 221 g/mol. The van der Waals surface area contributed by atoms with E-state index in [1.165, 1.54) is 0 Å². The number of carbonyl (C=O) groups is 1. The van der Waals surface area contributed by atoms with Gasteiger partial charge in [-0.1, -0.05) is 0 Å². The number of carboxylic acids is 1. The largest absolute Gasteiger partial charge is 0.476 e. The van der Waals surface area contributed by atoms with Gasteiger partial charge in [0.15, 0.2) is 5.69 Å². The van der Waals surface area contributed by atoms with Gasteiger partial charge in [0.2, 0.25) is 0 Å². The van der Waals surface area contributed by atoms with Crippen LogP contribution < -0.4 is 5.73 Å². The molecule has 1 unspecified atom stereocenters. The van der Waals surface area contributed by atoms with E-state index in [2.05, 4.69) is 9.55 Å². The van der Waals surface area contributed by atoms with Crippen LogP contribution in [0.4, 0.5) is 0 Å². The Kier molecular flexibility index (Phi) is 2.04. The van der Waals surface area contributed by atoms with Crippen LogP contribution in [0.2, 0.25) is 0 Å². The van der Waals surface area contributed by atoms with Gasteiger partial charge in [-0.05, 0) is 19.3 Å². The molecule has 0 saturated heterocycles. The third-order valence-electron chi connectivity index (χ3n) is 3.43. The second kappa shape index (κ2) is 3.31. The lowest BCUT2D eigenvalue weighted by atomic mass is 10.0. The van der Waals surface area contributed by atoms with Gasteiger partial charge in [0.1, 0.15) is 5.82 Å². The lowest BCUT2D eigenvalue weighted by molar-refractivity contribution is 0.0689. The lowest BCUT2D eigenvalue weighted by Crippen LogP contribution is -2.31. The molecule has 5 heteroatoms. The maximum absolute atomic E-state index is 11.1. The minimum Gasteiger partial charge on any atom is -0.476 e. The summed E-state index contributed by atoms with van der Waals surface area (Å²) in [5, 5.41) is 9.13. The average molecular weight is 221 g/mol. The van der Waals surface area contributed by atoms with Crippen molar-refractivity contribution in [2.45, 2.75) is 44.2 Å². The van der Waals surface area contributed by atoms with Crippen LogP contribution in [0.15, 0.2) is 0 Å². The van der Waals surface area contributed by atoms with Crippen molar-refractivity contribution in [1.29, 1.82) is 0 Å². The Bertz CT molecular complexity index is 448. The van der Waals surface area contributed by atoms with E-state index >= 15 is 0 Å². The maximum atomic E-state index is 11.1. The molecule has 1 fully saturated rings. The molecule has 1 atom stereocenters. The van der Waals surface area contributed by atoms with E-state index in [-0.39, 0.29) is 11.7 Å². The molecule has 1 saturated carbocycles. The molecule has 1 aliphatic heterocycles. The lowest BCUT2D eigenvalue weighted by Gasteiger charge is -2.22. The highest BCUT2D eigenvalue weighted by atomic mass is 16.4. The molecule has 0 bridgehead atoms. The van der Waals surface area contributed by atoms with Crippen molar-refractivity contribution in [2.24, 2.45) is 5.73 Å². The van der Waals surface area contributed by atoms with Gasteiger partial charge >= 0.3 is 5.97 Å². The summed E-state index contributed by atoms with van der Waals surface area (Å²) in [6.07, 6.45) is 3.84. The Morgan fingerprint density at radius 3 is 2.81 bits per heavy atom. The summed E-state index contributed by atoms with van der Waals surface area (Å²) < 4.78 is 2.09. The van der Waals surface area contributed by atoms with Crippen LogP contribution in [0.3, 0.4) is 0 Å². The molecule has 0 spiro atoms. The van der Waals surface area contributed by atoms with Crippen LogP contribution in [-0.4, -0.2) is 26.7 Å². The fraction of sp³-hybridized carbons (Fsp3) is 0.636. The van der Waals surface area contributed by atoms with Gasteiger partial charge in [0, 0.05) is 24.9 Å². The number of aromatic carboxylic acids is 1. The summed E-state index contributed by atoms with van der Waals surface area (Å²) in [7, 11) is 0. The SMILES string of the molecule is NC1CCn2c(C3CC3)nc(C(=O)O)c2C1. The first kappa shape index (κ1) is 9.84. The molecule has 5 nitrogen and oxygen atoms in total. The number of carboxylic acid groups (broad SMARTS) is 1. The van der Waals surface area contributed by atoms with Gasteiger partial charge in [-0.2, -0.15) is 0 Å². The fourth-order valence-electron chi connectivity index (χ4n) is 2.43. The second-order valence-corrected chi connectivity index (χ2v) is 4.75. The summed E-state index contributed by atoms with van der Waals surface area (Å²) >= 11 is 0. The Labute approximate surface area is 93.3 Å². The summed E-state index contributed by atoms with van der Waals surface area (Å²) in [5.74, 6) is 0.533. The highest BCUT2D eigenvalue weighted by Gasteiger charge is 2.34. The van der Waals surface area contributed by atoms with Crippen molar-refractivity contribution in [1.82, 2.24) is 9.55 Å². The Morgan fingerprint density at radius 1 is 1.44 bits per heavy atom. The first-order chi connectivity index (χ1) is 7.66. The minimum absolute atomic E-state index is 0.0781. The van der Waals surface area contributed by atoms with Crippen molar-refractivity contribution in [2.75, 3.05) is 0 Å². The molecule has 3 rings (SSSR count). The van der Waals surface area contributed by atoms with Gasteiger partial charge in [-0.3, -0.25) is 0 Å².